The van der Waals surface area contributed by atoms with Crippen molar-refractivity contribution < 1.29 is 28.5 Å². The molecule has 0 aliphatic rings. The van der Waals surface area contributed by atoms with E-state index in [1.807, 2.05) is 41.5 Å². The number of rotatable bonds is 14. The summed E-state index contributed by atoms with van der Waals surface area (Å²) in [6.45, 7) is 15.5. The molecule has 0 fully saturated rings. The highest BCUT2D eigenvalue weighted by Gasteiger charge is 2.17. The average molecular weight is 390 g/mol. The van der Waals surface area contributed by atoms with Crippen LogP contribution < -0.4 is 5.32 Å². The smallest absolute Gasteiger partial charge is 0.306 e. The highest BCUT2D eigenvalue weighted by molar-refractivity contribution is 5.76. The molecule has 7 heteroatoms. The van der Waals surface area contributed by atoms with Crippen molar-refractivity contribution in [3.8, 4) is 0 Å². The molecule has 7 nitrogen and oxygen atoms in total. The maximum Gasteiger partial charge on any atom is 0.306 e. The number of ether oxygens (including phenoxy) is 4. The van der Waals surface area contributed by atoms with Crippen LogP contribution in [-0.2, 0) is 28.5 Å². The summed E-state index contributed by atoms with van der Waals surface area (Å²) in [6, 6.07) is 0. The molecule has 27 heavy (non-hydrogen) atoms. The molecule has 0 aliphatic heterocycles. The van der Waals surface area contributed by atoms with Crippen LogP contribution in [0.15, 0.2) is 0 Å². The Labute approximate surface area is 164 Å². The zero-order valence-corrected chi connectivity index (χ0v) is 18.0. The molecule has 1 N–H and O–H groups in total. The molecule has 0 atom stereocenters. The standard InChI is InChI=1S/C20H39NO6/c1-19(2,3)15-17(22)21-7-8-24-9-10-25-11-12-26-13-14-27-18(23)16-20(4,5)6/h7-16H2,1-6H3,(H,21,22). The van der Waals surface area contributed by atoms with Crippen LogP contribution in [0.25, 0.3) is 0 Å². The minimum absolute atomic E-state index is 0.00503. The molecule has 0 radical (unpaired) electrons. The normalized spacial score (nSPS) is 12.1. The number of amides is 1. The molecule has 1 amide bonds. The molecule has 160 valence electrons. The van der Waals surface area contributed by atoms with Crippen LogP contribution in [0.5, 0.6) is 0 Å². The first-order valence-electron chi connectivity index (χ1n) is 9.65. The van der Waals surface area contributed by atoms with Gasteiger partial charge < -0.3 is 24.3 Å². The van der Waals surface area contributed by atoms with Crippen molar-refractivity contribution in [1.29, 1.82) is 0 Å². The largest absolute Gasteiger partial charge is 0.463 e. The van der Waals surface area contributed by atoms with Crippen LogP contribution in [0.4, 0.5) is 0 Å². The van der Waals surface area contributed by atoms with Gasteiger partial charge in [0.15, 0.2) is 0 Å². The van der Waals surface area contributed by atoms with Crippen LogP contribution in [-0.4, -0.2) is 64.7 Å². The van der Waals surface area contributed by atoms with Gasteiger partial charge in [0.2, 0.25) is 5.91 Å². The van der Waals surface area contributed by atoms with Gasteiger partial charge >= 0.3 is 5.97 Å². The Bertz CT molecular complexity index is 374. The van der Waals surface area contributed by atoms with E-state index in [1.54, 1.807) is 0 Å². The zero-order chi connectivity index (χ0) is 20.8. The lowest BCUT2D eigenvalue weighted by Gasteiger charge is -2.17. The van der Waals surface area contributed by atoms with Crippen LogP contribution in [0.3, 0.4) is 0 Å². The molecule has 0 rings (SSSR count). The molecular formula is C20H39NO6. The zero-order valence-electron chi connectivity index (χ0n) is 18.0. The van der Waals surface area contributed by atoms with E-state index in [9.17, 15) is 9.59 Å². The molecular weight excluding hydrogens is 350 g/mol. The Morgan fingerprint density at radius 2 is 1.11 bits per heavy atom. The molecule has 0 aromatic heterocycles. The van der Waals surface area contributed by atoms with Gasteiger partial charge in [-0.25, -0.2) is 0 Å². The van der Waals surface area contributed by atoms with Crippen LogP contribution in [0, 0.1) is 10.8 Å². The number of hydrogen-bond donors (Lipinski definition) is 1. The number of carbonyl (C=O) groups is 2. The second-order valence-corrected chi connectivity index (χ2v) is 8.88. The Kier molecular flexibility index (Phi) is 13.3. The molecule has 0 aliphatic carbocycles. The molecule has 0 saturated heterocycles. The topological polar surface area (TPSA) is 83.1 Å². The van der Waals surface area contributed by atoms with Gasteiger partial charge in [-0.3, -0.25) is 9.59 Å². The van der Waals surface area contributed by atoms with Gasteiger partial charge in [-0.1, -0.05) is 41.5 Å². The predicted molar refractivity (Wildman–Crippen MR) is 105 cm³/mol. The van der Waals surface area contributed by atoms with Crippen LogP contribution in [0.2, 0.25) is 0 Å². The van der Waals surface area contributed by atoms with Crippen molar-refractivity contribution in [3.63, 3.8) is 0 Å². The van der Waals surface area contributed by atoms with E-state index in [0.717, 1.165) is 0 Å². The lowest BCUT2D eigenvalue weighted by molar-refractivity contribution is -0.147. The number of esters is 1. The fourth-order valence-electron chi connectivity index (χ4n) is 2.05. The Hall–Kier alpha value is -1.18. The minimum Gasteiger partial charge on any atom is -0.463 e. The highest BCUT2D eigenvalue weighted by Crippen LogP contribution is 2.18. The Balaban J connectivity index is 3.30. The fraction of sp³-hybridized carbons (Fsp3) is 0.900. The number of carbonyl (C=O) groups excluding carboxylic acids is 2. The second-order valence-electron chi connectivity index (χ2n) is 8.88. The SMILES string of the molecule is CC(C)(C)CC(=O)NCCOCCOCCOCCOC(=O)CC(C)(C)C. The number of nitrogens with one attached hydrogen (secondary N) is 1. The lowest BCUT2D eigenvalue weighted by Crippen LogP contribution is -2.30. The average Bonchev–Trinajstić information content (AvgIpc) is 2.48. The van der Waals surface area contributed by atoms with E-state index in [1.165, 1.54) is 0 Å². The number of hydrogen-bond acceptors (Lipinski definition) is 6. The van der Waals surface area contributed by atoms with Crippen LogP contribution >= 0.6 is 0 Å². The van der Waals surface area contributed by atoms with E-state index in [-0.39, 0.29) is 29.3 Å². The van der Waals surface area contributed by atoms with E-state index in [0.29, 0.717) is 59.0 Å². The second kappa shape index (κ2) is 13.9. The molecule has 0 heterocycles. The summed E-state index contributed by atoms with van der Waals surface area (Å²) < 4.78 is 21.2. The van der Waals surface area contributed by atoms with E-state index in [2.05, 4.69) is 5.32 Å². The monoisotopic (exact) mass is 389 g/mol. The van der Waals surface area contributed by atoms with Crippen molar-refractivity contribution in [3.05, 3.63) is 0 Å². The maximum atomic E-state index is 11.6. The minimum atomic E-state index is -0.200. The van der Waals surface area contributed by atoms with Gasteiger partial charge in [-0.15, -0.1) is 0 Å². The first-order valence-corrected chi connectivity index (χ1v) is 9.65. The first kappa shape index (κ1) is 25.8. The summed E-state index contributed by atoms with van der Waals surface area (Å²) in [7, 11) is 0. The molecule has 0 unspecified atom stereocenters. The summed E-state index contributed by atoms with van der Waals surface area (Å²) in [4.78, 5) is 23.1. The van der Waals surface area contributed by atoms with Crippen LogP contribution in [0.1, 0.15) is 54.4 Å². The van der Waals surface area contributed by atoms with Gasteiger partial charge in [0.1, 0.15) is 6.61 Å². The maximum absolute atomic E-state index is 11.6. The summed E-state index contributed by atoms with van der Waals surface area (Å²) in [5, 5.41) is 2.83. The Morgan fingerprint density at radius 3 is 1.59 bits per heavy atom. The molecule has 0 spiro atoms. The van der Waals surface area contributed by atoms with Crippen molar-refractivity contribution in [2.24, 2.45) is 10.8 Å². The molecule has 0 bridgehead atoms. The summed E-state index contributed by atoms with van der Waals surface area (Å²) in [5.41, 5.74) is -0.0687. The quantitative estimate of drug-likeness (QED) is 0.363. The van der Waals surface area contributed by atoms with Gasteiger partial charge in [0.25, 0.3) is 0 Å². The molecule has 0 aromatic rings. The van der Waals surface area contributed by atoms with Gasteiger partial charge in [-0.2, -0.15) is 0 Å². The van der Waals surface area contributed by atoms with E-state index in [4.69, 9.17) is 18.9 Å². The summed E-state index contributed by atoms with van der Waals surface area (Å²) in [5.74, 6) is -0.155. The third-order valence-corrected chi connectivity index (χ3v) is 3.17. The Morgan fingerprint density at radius 1 is 0.667 bits per heavy atom. The van der Waals surface area contributed by atoms with Gasteiger partial charge in [0, 0.05) is 13.0 Å². The third-order valence-electron chi connectivity index (χ3n) is 3.17. The first-order chi connectivity index (χ1) is 12.5. The van der Waals surface area contributed by atoms with Crippen molar-refractivity contribution in [2.75, 3.05) is 52.8 Å². The third kappa shape index (κ3) is 21.0. The van der Waals surface area contributed by atoms with Crippen molar-refractivity contribution >= 4 is 11.9 Å². The highest BCUT2D eigenvalue weighted by atomic mass is 16.6. The summed E-state index contributed by atoms with van der Waals surface area (Å²) >= 11 is 0. The van der Waals surface area contributed by atoms with Gasteiger partial charge in [-0.05, 0) is 10.8 Å². The molecule has 0 saturated carbocycles. The lowest BCUT2D eigenvalue weighted by atomic mass is 9.92. The summed E-state index contributed by atoms with van der Waals surface area (Å²) in [6.07, 6.45) is 0.905. The van der Waals surface area contributed by atoms with Crippen molar-refractivity contribution in [2.45, 2.75) is 54.4 Å². The van der Waals surface area contributed by atoms with E-state index >= 15 is 0 Å². The molecule has 0 aromatic carbocycles. The van der Waals surface area contributed by atoms with E-state index < -0.39 is 0 Å². The van der Waals surface area contributed by atoms with Gasteiger partial charge in [0.05, 0.1) is 46.1 Å². The fourth-order valence-corrected chi connectivity index (χ4v) is 2.05. The van der Waals surface area contributed by atoms with Crippen molar-refractivity contribution in [1.82, 2.24) is 5.32 Å². The predicted octanol–water partition coefficient (Wildman–Crippen LogP) is 2.57.